The van der Waals surface area contributed by atoms with Crippen LogP contribution in [0.25, 0.3) is 6.08 Å². The van der Waals surface area contributed by atoms with Crippen molar-refractivity contribution in [3.8, 4) is 23.0 Å². The maximum atomic E-state index is 13.4. The zero-order chi connectivity index (χ0) is 18.8. The third-order valence-corrected chi connectivity index (χ3v) is 5.03. The third kappa shape index (κ3) is 1.91. The van der Waals surface area contributed by atoms with E-state index in [1.54, 1.807) is 36.4 Å². The molecule has 27 heavy (non-hydrogen) atoms. The van der Waals surface area contributed by atoms with Gasteiger partial charge in [-0.3, -0.25) is 4.79 Å². The van der Waals surface area contributed by atoms with E-state index in [2.05, 4.69) is 0 Å². The number of hydrogen-bond acceptors (Lipinski definition) is 7. The lowest BCUT2D eigenvalue weighted by atomic mass is 9.79. The third-order valence-electron chi connectivity index (χ3n) is 5.03. The second kappa shape index (κ2) is 5.26. The van der Waals surface area contributed by atoms with Crippen LogP contribution in [-0.4, -0.2) is 32.8 Å². The molecule has 0 bridgehead atoms. The molecule has 5 rings (SSSR count). The van der Waals surface area contributed by atoms with Crippen molar-refractivity contribution >= 4 is 17.8 Å². The normalized spacial score (nSPS) is 21.1. The predicted molar refractivity (Wildman–Crippen MR) is 92.6 cm³/mol. The van der Waals surface area contributed by atoms with Gasteiger partial charge in [0.15, 0.2) is 23.0 Å². The Hall–Kier alpha value is -3.48. The van der Waals surface area contributed by atoms with Gasteiger partial charge in [-0.05, 0) is 35.9 Å². The number of Topliss-reactive ketones (excluding diaryl/α,β-unsaturated/α-hetero) is 1. The van der Waals surface area contributed by atoms with Crippen molar-refractivity contribution in [2.75, 3.05) is 21.0 Å². The van der Waals surface area contributed by atoms with Gasteiger partial charge >= 0.3 is 5.97 Å². The van der Waals surface area contributed by atoms with Crippen LogP contribution in [0.15, 0.2) is 30.3 Å². The summed E-state index contributed by atoms with van der Waals surface area (Å²) in [5.74, 6) is 0.721. The number of fused-ring (bicyclic) bond motifs is 4. The second-order valence-electron chi connectivity index (χ2n) is 6.30. The second-order valence-corrected chi connectivity index (χ2v) is 6.30. The molecule has 0 radical (unpaired) electrons. The zero-order valence-corrected chi connectivity index (χ0v) is 14.5. The molecule has 2 aliphatic heterocycles. The Morgan fingerprint density at radius 1 is 1.04 bits per heavy atom. The minimum atomic E-state index is -1.54. The first kappa shape index (κ1) is 15.7. The molecule has 136 valence electrons. The largest absolute Gasteiger partial charge is 0.493 e. The van der Waals surface area contributed by atoms with E-state index in [0.29, 0.717) is 33.9 Å². The molecule has 0 aromatic heterocycles. The summed E-state index contributed by atoms with van der Waals surface area (Å²) in [6.45, 7) is 0.107. The molecule has 7 nitrogen and oxygen atoms in total. The van der Waals surface area contributed by atoms with Gasteiger partial charge in [0.2, 0.25) is 18.2 Å². The van der Waals surface area contributed by atoms with E-state index >= 15 is 0 Å². The van der Waals surface area contributed by atoms with Gasteiger partial charge in [0, 0.05) is 11.1 Å². The lowest BCUT2D eigenvalue weighted by Gasteiger charge is -2.28. The van der Waals surface area contributed by atoms with Gasteiger partial charge in [0.1, 0.15) is 5.56 Å². The number of carbonyl (C=O) groups excluding carboxylic acids is 2. The fourth-order valence-corrected chi connectivity index (χ4v) is 3.76. The smallest absolute Gasteiger partial charge is 0.344 e. The quantitative estimate of drug-likeness (QED) is 0.756. The van der Waals surface area contributed by atoms with Crippen molar-refractivity contribution in [3.05, 3.63) is 52.6 Å². The molecule has 0 saturated carbocycles. The highest BCUT2D eigenvalue weighted by molar-refractivity contribution is 6.15. The number of ether oxygens (including phenoxy) is 5. The molecular weight excluding hydrogens is 352 g/mol. The minimum absolute atomic E-state index is 0.107. The topological polar surface area (TPSA) is 80.3 Å². The average molecular weight is 366 g/mol. The number of benzene rings is 2. The molecule has 2 aromatic rings. The molecule has 1 aliphatic carbocycles. The molecule has 0 N–H and O–H groups in total. The van der Waals surface area contributed by atoms with E-state index < -0.39 is 11.6 Å². The Morgan fingerprint density at radius 2 is 1.81 bits per heavy atom. The van der Waals surface area contributed by atoms with Crippen molar-refractivity contribution in [3.63, 3.8) is 0 Å². The van der Waals surface area contributed by atoms with Crippen LogP contribution in [0.3, 0.4) is 0 Å². The summed E-state index contributed by atoms with van der Waals surface area (Å²) >= 11 is 0. The van der Waals surface area contributed by atoms with Crippen LogP contribution in [-0.2, 0) is 10.3 Å². The number of hydrogen-bond donors (Lipinski definition) is 0. The lowest BCUT2D eigenvalue weighted by molar-refractivity contribution is 0.0151. The van der Waals surface area contributed by atoms with Gasteiger partial charge in [-0.2, -0.15) is 0 Å². The van der Waals surface area contributed by atoms with Gasteiger partial charge < -0.3 is 23.7 Å². The van der Waals surface area contributed by atoms with Crippen molar-refractivity contribution in [1.29, 1.82) is 0 Å². The summed E-state index contributed by atoms with van der Waals surface area (Å²) < 4.78 is 27.0. The van der Waals surface area contributed by atoms with Crippen LogP contribution in [0.5, 0.6) is 23.0 Å². The van der Waals surface area contributed by atoms with Crippen molar-refractivity contribution < 1.29 is 33.3 Å². The SMILES string of the molecule is COc1ccc2c(c1OC)C(=O)OC21C=Cc2cc3c(cc2C1=O)OCO3. The van der Waals surface area contributed by atoms with E-state index in [-0.39, 0.29) is 23.9 Å². The van der Waals surface area contributed by atoms with Crippen molar-refractivity contribution in [2.45, 2.75) is 5.60 Å². The van der Waals surface area contributed by atoms with Crippen LogP contribution >= 0.6 is 0 Å². The van der Waals surface area contributed by atoms with E-state index in [1.807, 2.05) is 0 Å². The number of esters is 1. The highest BCUT2D eigenvalue weighted by Gasteiger charge is 2.53. The van der Waals surface area contributed by atoms with Crippen LogP contribution in [0.4, 0.5) is 0 Å². The molecule has 0 amide bonds. The van der Waals surface area contributed by atoms with Crippen LogP contribution in [0.2, 0.25) is 0 Å². The summed E-state index contributed by atoms with van der Waals surface area (Å²) in [5, 5.41) is 0. The number of ketones is 1. The van der Waals surface area contributed by atoms with E-state index in [4.69, 9.17) is 23.7 Å². The van der Waals surface area contributed by atoms with Gasteiger partial charge in [0.05, 0.1) is 14.2 Å². The maximum Gasteiger partial charge on any atom is 0.344 e. The van der Waals surface area contributed by atoms with Gasteiger partial charge in [-0.25, -0.2) is 4.79 Å². The molecule has 1 spiro atoms. The molecule has 1 atom stereocenters. The molecule has 0 fully saturated rings. The molecule has 7 heteroatoms. The summed E-state index contributed by atoms with van der Waals surface area (Å²) in [6.07, 6.45) is 3.34. The highest BCUT2D eigenvalue weighted by atomic mass is 16.7. The predicted octanol–water partition coefficient (Wildman–Crippen LogP) is 2.71. The molecular formula is C20H14O7. The van der Waals surface area contributed by atoms with Crippen molar-refractivity contribution in [2.24, 2.45) is 0 Å². The number of carbonyl (C=O) groups is 2. The first-order chi connectivity index (χ1) is 13.1. The molecule has 1 unspecified atom stereocenters. The Bertz CT molecular complexity index is 1050. The summed E-state index contributed by atoms with van der Waals surface area (Å²) in [4.78, 5) is 26.0. The summed E-state index contributed by atoms with van der Waals surface area (Å²) in [5.41, 5.74) is 0.165. The van der Waals surface area contributed by atoms with E-state index in [9.17, 15) is 9.59 Å². The van der Waals surface area contributed by atoms with Gasteiger partial charge in [-0.1, -0.05) is 6.08 Å². The fraction of sp³-hybridized carbons (Fsp3) is 0.200. The molecule has 0 saturated heterocycles. The van der Waals surface area contributed by atoms with E-state index in [1.165, 1.54) is 14.2 Å². The van der Waals surface area contributed by atoms with Crippen LogP contribution < -0.4 is 18.9 Å². The first-order valence-electron chi connectivity index (χ1n) is 8.25. The number of rotatable bonds is 2. The Morgan fingerprint density at radius 3 is 2.56 bits per heavy atom. The van der Waals surface area contributed by atoms with Crippen LogP contribution in [0, 0.1) is 0 Å². The lowest BCUT2D eigenvalue weighted by Crippen LogP contribution is -2.36. The standard InChI is InChI=1S/C20H14O7/c1-23-13-4-3-12-16(17(13)24-2)19(22)27-20(12)6-5-10-7-14-15(26-9-25-14)8-11(10)18(20)21/h3-8H,9H2,1-2H3. The Labute approximate surface area is 154 Å². The first-order valence-corrected chi connectivity index (χ1v) is 8.25. The fourth-order valence-electron chi connectivity index (χ4n) is 3.76. The Balaban J connectivity index is 1.71. The average Bonchev–Trinajstić information content (AvgIpc) is 3.25. The van der Waals surface area contributed by atoms with Crippen molar-refractivity contribution in [1.82, 2.24) is 0 Å². The highest BCUT2D eigenvalue weighted by Crippen LogP contribution is 2.50. The van der Waals surface area contributed by atoms with Gasteiger partial charge in [0.25, 0.3) is 0 Å². The molecule has 2 aromatic carbocycles. The number of methoxy groups -OCH3 is 2. The summed E-state index contributed by atoms with van der Waals surface area (Å²) in [7, 11) is 2.91. The monoisotopic (exact) mass is 366 g/mol. The minimum Gasteiger partial charge on any atom is -0.493 e. The van der Waals surface area contributed by atoms with E-state index in [0.717, 1.165) is 0 Å². The van der Waals surface area contributed by atoms with Gasteiger partial charge in [-0.15, -0.1) is 0 Å². The van der Waals surface area contributed by atoms with Crippen LogP contribution in [0.1, 0.15) is 31.8 Å². The summed E-state index contributed by atoms with van der Waals surface area (Å²) in [6, 6.07) is 6.67. The maximum absolute atomic E-state index is 13.4. The molecule has 3 aliphatic rings. The molecule has 2 heterocycles. The zero-order valence-electron chi connectivity index (χ0n) is 14.5. The Kier molecular flexibility index (Phi) is 3.07.